The third-order valence-corrected chi connectivity index (χ3v) is 2.38. The number of hydrazine groups is 1. The Kier molecular flexibility index (Phi) is 4.79. The maximum absolute atomic E-state index is 11.8. The van der Waals surface area contributed by atoms with E-state index in [1.54, 1.807) is 12.1 Å². The zero-order valence-corrected chi connectivity index (χ0v) is 9.52. The molecule has 0 fully saturated rings. The van der Waals surface area contributed by atoms with Crippen LogP contribution in [0.25, 0.3) is 0 Å². The second kappa shape index (κ2) is 6.12. The zero-order chi connectivity index (χ0) is 12.0. The molecule has 1 aromatic carbocycles. The summed E-state index contributed by atoms with van der Waals surface area (Å²) in [5, 5.41) is 10.3. The second-order valence-electron chi connectivity index (χ2n) is 3.75. The van der Waals surface area contributed by atoms with Crippen molar-refractivity contribution in [2.24, 2.45) is 5.84 Å². The number of benzene rings is 1. The van der Waals surface area contributed by atoms with Crippen LogP contribution >= 0.6 is 0 Å². The molecule has 4 heteroatoms. The molecular formula is C12H18N2O2. The fourth-order valence-corrected chi connectivity index (χ4v) is 1.40. The summed E-state index contributed by atoms with van der Waals surface area (Å²) in [6.45, 7) is 2.66. The van der Waals surface area contributed by atoms with E-state index in [0.29, 0.717) is 12.1 Å². The number of carbonyl (C=O) groups excluding carboxylic acids is 1. The van der Waals surface area contributed by atoms with Gasteiger partial charge < -0.3 is 5.11 Å². The minimum absolute atomic E-state index is 0.145. The minimum Gasteiger partial charge on any atom is -0.508 e. The molecular weight excluding hydrogens is 204 g/mol. The maximum atomic E-state index is 11.8. The van der Waals surface area contributed by atoms with Gasteiger partial charge in [0.25, 0.3) is 5.91 Å². The predicted octanol–water partition coefficient (Wildman–Crippen LogP) is 1.90. The van der Waals surface area contributed by atoms with Crippen LogP contribution in [0.15, 0.2) is 24.3 Å². The average molecular weight is 222 g/mol. The summed E-state index contributed by atoms with van der Waals surface area (Å²) in [6.07, 6.45) is 3.08. The lowest BCUT2D eigenvalue weighted by molar-refractivity contribution is 0.0752. The summed E-state index contributed by atoms with van der Waals surface area (Å²) >= 11 is 0. The molecule has 0 heterocycles. The number of phenolic OH excluding ortho intramolecular Hbond substituents is 1. The number of phenols is 1. The van der Waals surface area contributed by atoms with Crippen LogP contribution in [-0.4, -0.2) is 22.6 Å². The van der Waals surface area contributed by atoms with Crippen LogP contribution in [0.4, 0.5) is 0 Å². The third kappa shape index (κ3) is 3.55. The highest BCUT2D eigenvalue weighted by atomic mass is 16.3. The lowest BCUT2D eigenvalue weighted by Crippen LogP contribution is -2.38. The molecule has 0 bridgehead atoms. The first-order chi connectivity index (χ1) is 7.65. The first-order valence-electron chi connectivity index (χ1n) is 5.50. The molecule has 0 saturated heterocycles. The van der Waals surface area contributed by atoms with Gasteiger partial charge in [0, 0.05) is 12.1 Å². The molecule has 0 aliphatic heterocycles. The van der Waals surface area contributed by atoms with Gasteiger partial charge in [-0.2, -0.15) is 0 Å². The highest BCUT2D eigenvalue weighted by molar-refractivity contribution is 5.93. The number of aromatic hydroxyl groups is 1. The van der Waals surface area contributed by atoms with E-state index in [1.807, 2.05) is 0 Å². The van der Waals surface area contributed by atoms with Crippen molar-refractivity contribution in [1.29, 1.82) is 0 Å². The van der Waals surface area contributed by atoms with Gasteiger partial charge in [-0.3, -0.25) is 9.80 Å². The van der Waals surface area contributed by atoms with Gasteiger partial charge in [0.15, 0.2) is 0 Å². The van der Waals surface area contributed by atoms with Crippen molar-refractivity contribution in [1.82, 2.24) is 5.01 Å². The van der Waals surface area contributed by atoms with E-state index in [2.05, 4.69) is 6.92 Å². The van der Waals surface area contributed by atoms with Gasteiger partial charge in [0.05, 0.1) is 0 Å². The van der Waals surface area contributed by atoms with Crippen LogP contribution in [0.2, 0.25) is 0 Å². The lowest BCUT2D eigenvalue weighted by atomic mass is 10.2. The molecule has 1 amide bonds. The summed E-state index contributed by atoms with van der Waals surface area (Å²) < 4.78 is 0. The Morgan fingerprint density at radius 3 is 2.50 bits per heavy atom. The van der Waals surface area contributed by atoms with Gasteiger partial charge in [-0.05, 0) is 30.7 Å². The summed E-state index contributed by atoms with van der Waals surface area (Å²) in [5.74, 6) is 5.58. The van der Waals surface area contributed by atoms with Crippen molar-refractivity contribution < 1.29 is 9.90 Å². The SMILES string of the molecule is CCCCCN(N)C(=O)c1ccc(O)cc1. The molecule has 0 unspecified atom stereocenters. The molecule has 1 rings (SSSR count). The fraction of sp³-hybridized carbons (Fsp3) is 0.417. The van der Waals surface area contributed by atoms with Crippen molar-refractivity contribution in [2.75, 3.05) is 6.54 Å². The summed E-state index contributed by atoms with van der Waals surface area (Å²) in [6, 6.07) is 6.09. The summed E-state index contributed by atoms with van der Waals surface area (Å²) in [5.41, 5.74) is 0.497. The molecule has 4 nitrogen and oxygen atoms in total. The average Bonchev–Trinajstić information content (AvgIpc) is 2.29. The van der Waals surface area contributed by atoms with Crippen molar-refractivity contribution >= 4 is 5.91 Å². The van der Waals surface area contributed by atoms with Crippen molar-refractivity contribution in [3.8, 4) is 5.75 Å². The summed E-state index contributed by atoms with van der Waals surface area (Å²) in [7, 11) is 0. The highest BCUT2D eigenvalue weighted by Gasteiger charge is 2.11. The topological polar surface area (TPSA) is 66.6 Å². The number of amides is 1. The molecule has 1 aromatic rings. The predicted molar refractivity (Wildman–Crippen MR) is 62.9 cm³/mol. The van der Waals surface area contributed by atoms with E-state index in [1.165, 1.54) is 17.1 Å². The quantitative estimate of drug-likeness (QED) is 0.346. The van der Waals surface area contributed by atoms with Gasteiger partial charge in [0.2, 0.25) is 0 Å². The van der Waals surface area contributed by atoms with Crippen molar-refractivity contribution in [2.45, 2.75) is 26.2 Å². The van der Waals surface area contributed by atoms with E-state index >= 15 is 0 Å². The number of nitrogens with two attached hydrogens (primary N) is 1. The Balaban J connectivity index is 2.53. The van der Waals surface area contributed by atoms with Crippen molar-refractivity contribution in [3.63, 3.8) is 0 Å². The Labute approximate surface area is 95.6 Å². The van der Waals surface area contributed by atoms with Crippen LogP contribution < -0.4 is 5.84 Å². The molecule has 0 aromatic heterocycles. The largest absolute Gasteiger partial charge is 0.508 e. The maximum Gasteiger partial charge on any atom is 0.267 e. The fourth-order valence-electron chi connectivity index (χ4n) is 1.40. The van der Waals surface area contributed by atoms with Gasteiger partial charge in [-0.25, -0.2) is 5.84 Å². The van der Waals surface area contributed by atoms with Crippen LogP contribution in [0.3, 0.4) is 0 Å². The number of hydrogen-bond donors (Lipinski definition) is 2. The Morgan fingerprint density at radius 1 is 1.31 bits per heavy atom. The second-order valence-corrected chi connectivity index (χ2v) is 3.75. The van der Waals surface area contributed by atoms with Crippen LogP contribution in [-0.2, 0) is 0 Å². The van der Waals surface area contributed by atoms with Gasteiger partial charge in [-0.1, -0.05) is 19.8 Å². The molecule has 0 atom stereocenters. The molecule has 0 aliphatic rings. The molecule has 16 heavy (non-hydrogen) atoms. The molecule has 3 N–H and O–H groups in total. The number of unbranched alkanes of at least 4 members (excludes halogenated alkanes) is 2. The van der Waals surface area contributed by atoms with Crippen LogP contribution in [0.1, 0.15) is 36.5 Å². The number of nitrogens with zero attached hydrogens (tertiary/aromatic N) is 1. The van der Waals surface area contributed by atoms with Gasteiger partial charge in [0.1, 0.15) is 5.75 Å². The molecule has 88 valence electrons. The summed E-state index contributed by atoms with van der Waals surface area (Å²) in [4.78, 5) is 11.8. The molecule has 0 spiro atoms. The number of hydrogen-bond acceptors (Lipinski definition) is 3. The monoisotopic (exact) mass is 222 g/mol. The molecule has 0 saturated carbocycles. The Bertz CT molecular complexity index is 335. The van der Waals surface area contributed by atoms with E-state index < -0.39 is 0 Å². The first kappa shape index (κ1) is 12.5. The van der Waals surface area contributed by atoms with Crippen LogP contribution in [0.5, 0.6) is 5.75 Å². The van der Waals surface area contributed by atoms with Gasteiger partial charge in [-0.15, -0.1) is 0 Å². The lowest BCUT2D eigenvalue weighted by Gasteiger charge is -2.16. The standard InChI is InChI=1S/C12H18N2O2/c1-2-3-4-9-14(13)12(16)10-5-7-11(15)8-6-10/h5-8,15H,2-4,9,13H2,1H3. The van der Waals surface area contributed by atoms with Gasteiger partial charge >= 0.3 is 0 Å². The Hall–Kier alpha value is -1.55. The number of carbonyl (C=O) groups is 1. The van der Waals surface area contributed by atoms with E-state index in [0.717, 1.165) is 19.3 Å². The zero-order valence-electron chi connectivity index (χ0n) is 9.52. The molecule has 0 aliphatic carbocycles. The minimum atomic E-state index is -0.212. The van der Waals surface area contributed by atoms with Crippen molar-refractivity contribution in [3.05, 3.63) is 29.8 Å². The Morgan fingerprint density at radius 2 is 1.94 bits per heavy atom. The first-order valence-corrected chi connectivity index (χ1v) is 5.50. The third-order valence-electron chi connectivity index (χ3n) is 2.38. The number of rotatable bonds is 5. The van der Waals surface area contributed by atoms with Crippen LogP contribution in [0, 0.1) is 0 Å². The van der Waals surface area contributed by atoms with E-state index in [4.69, 9.17) is 10.9 Å². The highest BCUT2D eigenvalue weighted by Crippen LogP contribution is 2.11. The van der Waals surface area contributed by atoms with E-state index in [-0.39, 0.29) is 11.7 Å². The normalized spacial score (nSPS) is 10.1. The molecule has 0 radical (unpaired) electrons. The van der Waals surface area contributed by atoms with E-state index in [9.17, 15) is 4.79 Å². The smallest absolute Gasteiger partial charge is 0.267 e.